The van der Waals surface area contributed by atoms with Crippen molar-refractivity contribution >= 4 is 22.0 Å². The van der Waals surface area contributed by atoms with Gasteiger partial charge in [-0.15, -0.1) is 0 Å². The Bertz CT molecular complexity index is 363. The summed E-state index contributed by atoms with van der Waals surface area (Å²) in [6, 6.07) is 3.76. The predicted molar refractivity (Wildman–Crippen MR) is 63.1 cm³/mol. The third-order valence-corrected chi connectivity index (χ3v) is 2.47. The van der Waals surface area contributed by atoms with Crippen molar-refractivity contribution in [1.82, 2.24) is 4.57 Å². The molecule has 0 saturated carbocycles. The van der Waals surface area contributed by atoms with Gasteiger partial charge in [-0.3, -0.25) is 0 Å². The fraction of sp³-hybridized carbons (Fsp3) is 0.545. The van der Waals surface area contributed by atoms with Gasteiger partial charge < -0.3 is 4.74 Å². The van der Waals surface area contributed by atoms with Gasteiger partial charge in [0, 0.05) is 5.69 Å². The van der Waals surface area contributed by atoms with Gasteiger partial charge in [0.2, 0.25) is 0 Å². The van der Waals surface area contributed by atoms with E-state index in [-0.39, 0.29) is 6.09 Å². The molecule has 0 atom stereocenters. The van der Waals surface area contributed by atoms with Crippen LogP contribution < -0.4 is 0 Å². The van der Waals surface area contributed by atoms with Gasteiger partial charge in [0.25, 0.3) is 0 Å². The molecule has 1 rings (SSSR count). The van der Waals surface area contributed by atoms with Gasteiger partial charge in [-0.2, -0.15) is 0 Å². The van der Waals surface area contributed by atoms with Crippen LogP contribution in [0.1, 0.15) is 33.4 Å². The van der Waals surface area contributed by atoms with E-state index >= 15 is 0 Å². The summed E-state index contributed by atoms with van der Waals surface area (Å²) in [6.07, 6.45) is 0.460. The summed E-state index contributed by atoms with van der Waals surface area (Å²) in [6.45, 7) is 7.57. The number of aryl methyl sites for hydroxylation is 1. The van der Waals surface area contributed by atoms with Crippen LogP contribution in [0.5, 0.6) is 0 Å². The quantitative estimate of drug-likeness (QED) is 0.783. The van der Waals surface area contributed by atoms with Crippen molar-refractivity contribution in [2.24, 2.45) is 0 Å². The van der Waals surface area contributed by atoms with Crippen molar-refractivity contribution in [3.63, 3.8) is 0 Å². The number of halogens is 1. The topological polar surface area (TPSA) is 31.2 Å². The Morgan fingerprint density at radius 3 is 2.53 bits per heavy atom. The number of aromatic nitrogens is 1. The second kappa shape index (κ2) is 4.39. The highest BCUT2D eigenvalue weighted by Gasteiger charge is 2.20. The zero-order valence-corrected chi connectivity index (χ0v) is 11.1. The average Bonchev–Trinajstić information content (AvgIpc) is 2.43. The first-order chi connectivity index (χ1) is 6.85. The second-order valence-electron chi connectivity index (χ2n) is 4.32. The lowest BCUT2D eigenvalue weighted by atomic mass is 10.2. The molecule has 0 aliphatic rings. The molecule has 1 heterocycles. The van der Waals surface area contributed by atoms with Crippen LogP contribution in [0.4, 0.5) is 4.79 Å². The Kier molecular flexibility index (Phi) is 3.60. The van der Waals surface area contributed by atoms with E-state index in [2.05, 4.69) is 15.9 Å². The summed E-state index contributed by atoms with van der Waals surface area (Å²) in [5.74, 6) is 0. The molecule has 0 N–H and O–H groups in total. The number of rotatable bonds is 1. The fourth-order valence-corrected chi connectivity index (χ4v) is 1.74. The number of hydrogen-bond donors (Lipinski definition) is 0. The first-order valence-corrected chi connectivity index (χ1v) is 5.74. The van der Waals surface area contributed by atoms with Gasteiger partial charge in [0.15, 0.2) is 0 Å². The van der Waals surface area contributed by atoms with E-state index in [4.69, 9.17) is 4.74 Å². The standard InChI is InChI=1S/C11H16BrNO2/c1-5-8-6-7-9(12)13(8)10(14)15-11(2,3)4/h6-7H,5H2,1-4H3. The van der Waals surface area contributed by atoms with Crippen LogP contribution in [0.2, 0.25) is 0 Å². The Labute approximate surface area is 98.5 Å². The van der Waals surface area contributed by atoms with E-state index in [1.54, 1.807) is 4.57 Å². The summed E-state index contributed by atoms with van der Waals surface area (Å²) in [7, 11) is 0. The molecule has 0 aliphatic heterocycles. The predicted octanol–water partition coefficient (Wildman–Crippen LogP) is 3.60. The van der Waals surface area contributed by atoms with Crippen LogP contribution in [0.25, 0.3) is 0 Å². The Balaban J connectivity index is 2.95. The molecule has 1 aromatic heterocycles. The third-order valence-electron chi connectivity index (χ3n) is 1.85. The van der Waals surface area contributed by atoms with Crippen molar-refractivity contribution in [1.29, 1.82) is 0 Å². The molecule has 84 valence electrons. The lowest BCUT2D eigenvalue weighted by Gasteiger charge is -2.20. The van der Waals surface area contributed by atoms with Gasteiger partial charge >= 0.3 is 6.09 Å². The van der Waals surface area contributed by atoms with E-state index in [0.29, 0.717) is 0 Å². The first-order valence-electron chi connectivity index (χ1n) is 4.94. The highest BCUT2D eigenvalue weighted by Crippen LogP contribution is 2.19. The number of carbonyl (C=O) groups is 1. The summed E-state index contributed by atoms with van der Waals surface area (Å²) in [5.41, 5.74) is 0.474. The second-order valence-corrected chi connectivity index (χ2v) is 5.13. The van der Waals surface area contributed by atoms with Crippen LogP contribution in [-0.4, -0.2) is 16.3 Å². The maximum Gasteiger partial charge on any atom is 0.419 e. The minimum Gasteiger partial charge on any atom is -0.443 e. The van der Waals surface area contributed by atoms with Gasteiger partial charge in [-0.05, 0) is 55.3 Å². The van der Waals surface area contributed by atoms with Crippen LogP contribution in [0.15, 0.2) is 16.7 Å². The molecule has 3 nitrogen and oxygen atoms in total. The summed E-state index contributed by atoms with van der Waals surface area (Å²) >= 11 is 3.33. The maximum absolute atomic E-state index is 11.8. The number of carbonyl (C=O) groups excluding carboxylic acids is 1. The minimum atomic E-state index is -0.466. The van der Waals surface area contributed by atoms with Crippen molar-refractivity contribution < 1.29 is 9.53 Å². The van der Waals surface area contributed by atoms with Gasteiger partial charge in [-0.1, -0.05) is 6.92 Å². The number of ether oxygens (including phenoxy) is 1. The first kappa shape index (κ1) is 12.3. The van der Waals surface area contributed by atoms with Crippen molar-refractivity contribution in [3.8, 4) is 0 Å². The minimum absolute atomic E-state index is 0.337. The molecule has 0 aliphatic carbocycles. The Hall–Kier alpha value is -0.770. The normalized spacial score (nSPS) is 11.5. The third kappa shape index (κ3) is 3.09. The summed E-state index contributed by atoms with van der Waals surface area (Å²) in [4.78, 5) is 11.8. The van der Waals surface area contributed by atoms with E-state index < -0.39 is 5.60 Å². The highest BCUT2D eigenvalue weighted by atomic mass is 79.9. The van der Waals surface area contributed by atoms with Crippen LogP contribution in [0.3, 0.4) is 0 Å². The highest BCUT2D eigenvalue weighted by molar-refractivity contribution is 9.10. The van der Waals surface area contributed by atoms with Gasteiger partial charge in [0.05, 0.1) is 4.60 Å². The molecule has 0 unspecified atom stereocenters. The van der Waals surface area contributed by atoms with E-state index in [1.165, 1.54) is 0 Å². The van der Waals surface area contributed by atoms with Crippen LogP contribution in [0, 0.1) is 0 Å². The van der Waals surface area contributed by atoms with Gasteiger partial charge in [-0.25, -0.2) is 9.36 Å². The molecule has 0 spiro atoms. The average molecular weight is 274 g/mol. The van der Waals surface area contributed by atoms with Crippen molar-refractivity contribution in [2.75, 3.05) is 0 Å². The molecule has 0 saturated heterocycles. The van der Waals surface area contributed by atoms with Crippen LogP contribution in [-0.2, 0) is 11.2 Å². The zero-order valence-electron chi connectivity index (χ0n) is 9.50. The smallest absolute Gasteiger partial charge is 0.419 e. The Morgan fingerprint density at radius 2 is 2.07 bits per heavy atom. The molecule has 15 heavy (non-hydrogen) atoms. The maximum atomic E-state index is 11.8. The number of hydrogen-bond acceptors (Lipinski definition) is 2. The molecule has 0 fully saturated rings. The molecule has 0 amide bonds. The summed E-state index contributed by atoms with van der Waals surface area (Å²) < 4.78 is 7.58. The molecule has 0 aromatic carbocycles. The largest absolute Gasteiger partial charge is 0.443 e. The molecule has 0 bridgehead atoms. The molecular formula is C11H16BrNO2. The Morgan fingerprint density at radius 1 is 1.47 bits per heavy atom. The molecular weight excluding hydrogens is 258 g/mol. The molecule has 1 aromatic rings. The number of nitrogens with zero attached hydrogens (tertiary/aromatic N) is 1. The monoisotopic (exact) mass is 273 g/mol. The van der Waals surface area contributed by atoms with Crippen LogP contribution >= 0.6 is 15.9 Å². The lowest BCUT2D eigenvalue weighted by Crippen LogP contribution is -2.28. The summed E-state index contributed by atoms with van der Waals surface area (Å²) in [5, 5.41) is 0. The van der Waals surface area contributed by atoms with E-state index in [9.17, 15) is 4.79 Å². The molecule has 4 heteroatoms. The van der Waals surface area contributed by atoms with E-state index in [1.807, 2.05) is 39.8 Å². The SMILES string of the molecule is CCc1ccc(Br)n1C(=O)OC(C)(C)C. The van der Waals surface area contributed by atoms with Gasteiger partial charge in [0.1, 0.15) is 5.60 Å². The fourth-order valence-electron chi connectivity index (χ4n) is 1.24. The van der Waals surface area contributed by atoms with E-state index in [0.717, 1.165) is 16.7 Å². The van der Waals surface area contributed by atoms with Crippen molar-refractivity contribution in [3.05, 3.63) is 22.4 Å². The zero-order chi connectivity index (χ0) is 11.6. The molecule has 0 radical (unpaired) electrons. The lowest BCUT2D eigenvalue weighted by molar-refractivity contribution is 0.0529. The van der Waals surface area contributed by atoms with Crippen molar-refractivity contribution in [2.45, 2.75) is 39.7 Å².